The Morgan fingerprint density at radius 2 is 1.77 bits per heavy atom. The van der Waals surface area contributed by atoms with E-state index in [1.54, 1.807) is 13.0 Å². The molecule has 158 valence electrons. The number of fused-ring (bicyclic) bond motifs is 5. The summed E-state index contributed by atoms with van der Waals surface area (Å²) in [4.78, 5) is 49.7. The third-order valence-electron chi connectivity index (χ3n) is 6.27. The molecule has 31 heavy (non-hydrogen) atoms. The summed E-state index contributed by atoms with van der Waals surface area (Å²) in [5.41, 5.74) is 1.09. The van der Waals surface area contributed by atoms with Crippen LogP contribution in [-0.2, 0) is 14.4 Å². The van der Waals surface area contributed by atoms with Gasteiger partial charge in [-0.15, -0.1) is 0 Å². The van der Waals surface area contributed by atoms with Gasteiger partial charge in [-0.25, -0.2) is 4.68 Å². The lowest BCUT2D eigenvalue weighted by Crippen LogP contribution is -2.39. The summed E-state index contributed by atoms with van der Waals surface area (Å²) >= 11 is 0. The molecule has 0 radical (unpaired) electrons. The van der Waals surface area contributed by atoms with Crippen LogP contribution in [-0.4, -0.2) is 43.9 Å². The number of non-ortho nitro benzene ring substituents is 1. The van der Waals surface area contributed by atoms with Gasteiger partial charge in [-0.3, -0.25) is 29.4 Å². The van der Waals surface area contributed by atoms with E-state index in [0.29, 0.717) is 17.2 Å². The van der Waals surface area contributed by atoms with E-state index >= 15 is 0 Å². The molecule has 2 aromatic rings. The minimum absolute atomic E-state index is 0.0572. The predicted octanol–water partition coefficient (Wildman–Crippen LogP) is 1.83. The quantitative estimate of drug-likeness (QED) is 0.340. The number of hydrogen-bond acceptors (Lipinski definition) is 6. The van der Waals surface area contributed by atoms with E-state index in [1.165, 1.54) is 28.9 Å². The third kappa shape index (κ3) is 3.02. The summed E-state index contributed by atoms with van der Waals surface area (Å²) in [5, 5.41) is 17.9. The van der Waals surface area contributed by atoms with Crippen molar-refractivity contribution in [2.45, 2.75) is 13.3 Å². The summed E-state index contributed by atoms with van der Waals surface area (Å²) < 4.78 is 1.45. The van der Waals surface area contributed by atoms with Crippen LogP contribution < -0.4 is 5.32 Å². The number of hydrogen-bond donors (Lipinski definition) is 1. The number of nitrogens with zero attached hydrogens (tertiary/aromatic N) is 4. The Morgan fingerprint density at radius 3 is 2.35 bits per heavy atom. The Bertz CT molecular complexity index is 1120. The first-order chi connectivity index (χ1) is 14.8. The Kier molecular flexibility index (Phi) is 4.24. The molecule has 1 saturated heterocycles. The lowest BCUT2D eigenvalue weighted by atomic mass is 9.85. The van der Waals surface area contributed by atoms with Crippen LogP contribution in [0.2, 0.25) is 0 Å². The van der Waals surface area contributed by atoms with Crippen LogP contribution in [0.15, 0.2) is 42.5 Å². The van der Waals surface area contributed by atoms with Crippen molar-refractivity contribution in [3.8, 4) is 5.69 Å². The maximum atomic E-state index is 12.8. The smallest absolute Gasteiger partial charge is 0.269 e. The molecule has 10 nitrogen and oxygen atoms in total. The number of allylic oxidation sites excluding steroid dienone is 2. The summed E-state index contributed by atoms with van der Waals surface area (Å²) in [6.07, 6.45) is 4.85. The van der Waals surface area contributed by atoms with Crippen LogP contribution in [0.5, 0.6) is 0 Å². The van der Waals surface area contributed by atoms with Gasteiger partial charge in [0.05, 0.1) is 28.1 Å². The molecule has 0 spiro atoms. The van der Waals surface area contributed by atoms with Gasteiger partial charge in [0.25, 0.3) is 5.69 Å². The molecule has 1 saturated carbocycles. The Balaban J connectivity index is 1.32. The standard InChI is InChI=1S/C21H19N5O5/c1-11-8-16(25(23-11)14-4-6-15(7-5-14)26(30)31)22-17(27)10-24-20(28)18-12-2-3-13(9-12)19(18)21(24)29/h2-8,12-13,18-19H,9-10H2,1H3,(H,22,27). The van der Waals surface area contributed by atoms with Gasteiger partial charge in [0.2, 0.25) is 17.7 Å². The zero-order valence-electron chi connectivity index (χ0n) is 16.6. The number of anilines is 1. The number of carbonyl (C=O) groups excluding carboxylic acids is 3. The third-order valence-corrected chi connectivity index (χ3v) is 6.27. The second-order valence-electron chi connectivity index (χ2n) is 8.17. The molecular weight excluding hydrogens is 402 g/mol. The van der Waals surface area contributed by atoms with Crippen LogP contribution in [0, 0.1) is 40.7 Å². The largest absolute Gasteiger partial charge is 0.309 e. The van der Waals surface area contributed by atoms with Crippen molar-refractivity contribution in [2.75, 3.05) is 11.9 Å². The van der Waals surface area contributed by atoms with E-state index in [4.69, 9.17) is 0 Å². The SMILES string of the molecule is Cc1cc(NC(=O)CN2C(=O)C3C4C=CC(C4)C3C2=O)n(-c2ccc([N+](=O)[O-])cc2)n1. The van der Waals surface area contributed by atoms with Gasteiger partial charge < -0.3 is 5.32 Å². The minimum atomic E-state index is -0.509. The van der Waals surface area contributed by atoms with E-state index in [-0.39, 0.29) is 47.7 Å². The van der Waals surface area contributed by atoms with Crippen LogP contribution in [0.25, 0.3) is 5.69 Å². The predicted molar refractivity (Wildman–Crippen MR) is 108 cm³/mol. The van der Waals surface area contributed by atoms with Gasteiger partial charge >= 0.3 is 0 Å². The number of carbonyl (C=O) groups is 3. The molecule has 1 aromatic heterocycles. The van der Waals surface area contributed by atoms with Crippen molar-refractivity contribution in [1.29, 1.82) is 0 Å². The van der Waals surface area contributed by atoms with Crippen LogP contribution in [0.4, 0.5) is 11.5 Å². The number of benzene rings is 1. The molecule has 1 N–H and O–H groups in total. The number of rotatable bonds is 5. The van der Waals surface area contributed by atoms with Crippen molar-refractivity contribution in [3.63, 3.8) is 0 Å². The van der Waals surface area contributed by atoms with Crippen LogP contribution in [0.3, 0.4) is 0 Å². The topological polar surface area (TPSA) is 127 Å². The molecule has 4 atom stereocenters. The fraction of sp³-hybridized carbons (Fsp3) is 0.333. The average molecular weight is 421 g/mol. The molecule has 2 fully saturated rings. The Hall–Kier alpha value is -3.82. The molecule has 1 aromatic carbocycles. The van der Waals surface area contributed by atoms with Gasteiger partial charge in [0.1, 0.15) is 12.4 Å². The van der Waals surface area contributed by atoms with Crippen molar-refractivity contribution in [2.24, 2.45) is 23.7 Å². The molecular formula is C21H19N5O5. The van der Waals surface area contributed by atoms with E-state index in [2.05, 4.69) is 10.4 Å². The van der Waals surface area contributed by atoms with Gasteiger partial charge in [-0.2, -0.15) is 5.10 Å². The maximum Gasteiger partial charge on any atom is 0.269 e. The maximum absolute atomic E-state index is 12.8. The molecule has 4 unspecified atom stereocenters. The van der Waals surface area contributed by atoms with Crippen LogP contribution in [0.1, 0.15) is 12.1 Å². The first-order valence-corrected chi connectivity index (χ1v) is 9.98. The highest BCUT2D eigenvalue weighted by molar-refractivity contribution is 6.09. The zero-order chi connectivity index (χ0) is 21.9. The van der Waals surface area contributed by atoms with Crippen molar-refractivity contribution in [1.82, 2.24) is 14.7 Å². The monoisotopic (exact) mass is 421 g/mol. The average Bonchev–Trinajstić information content (AvgIpc) is 3.49. The summed E-state index contributed by atoms with van der Waals surface area (Å²) in [5.74, 6) is -1.23. The number of amides is 3. The van der Waals surface area contributed by atoms with Gasteiger partial charge in [-0.1, -0.05) is 12.2 Å². The van der Waals surface area contributed by atoms with E-state index in [0.717, 1.165) is 11.3 Å². The fourth-order valence-electron chi connectivity index (χ4n) is 4.95. The number of nitro benzene ring substituents is 1. The van der Waals surface area contributed by atoms with Crippen molar-refractivity contribution >= 4 is 29.2 Å². The summed E-state index contributed by atoms with van der Waals surface area (Å²) in [6.45, 7) is 1.39. The van der Waals surface area contributed by atoms with Gasteiger partial charge in [0.15, 0.2) is 0 Å². The lowest BCUT2D eigenvalue weighted by molar-refractivity contribution is -0.384. The first-order valence-electron chi connectivity index (χ1n) is 9.98. The van der Waals surface area contributed by atoms with Crippen molar-refractivity contribution < 1.29 is 19.3 Å². The number of aromatic nitrogens is 2. The molecule has 3 amide bonds. The van der Waals surface area contributed by atoms with E-state index < -0.39 is 10.8 Å². The van der Waals surface area contributed by atoms with Gasteiger partial charge in [-0.05, 0) is 37.3 Å². The minimum Gasteiger partial charge on any atom is -0.309 e. The molecule has 2 aliphatic carbocycles. The second-order valence-corrected chi connectivity index (χ2v) is 8.17. The highest BCUT2D eigenvalue weighted by Crippen LogP contribution is 2.52. The highest BCUT2D eigenvalue weighted by Gasteiger charge is 2.59. The normalized spacial score (nSPS) is 25.9. The van der Waals surface area contributed by atoms with E-state index in [1.807, 2.05) is 12.2 Å². The number of nitro groups is 1. The molecule has 10 heteroatoms. The summed E-state index contributed by atoms with van der Waals surface area (Å²) in [7, 11) is 0. The molecule has 2 bridgehead atoms. The Morgan fingerprint density at radius 1 is 1.16 bits per heavy atom. The fourth-order valence-corrected chi connectivity index (χ4v) is 4.95. The lowest BCUT2D eigenvalue weighted by Gasteiger charge is -2.17. The summed E-state index contributed by atoms with van der Waals surface area (Å²) in [6, 6.07) is 7.39. The van der Waals surface area contributed by atoms with Crippen LogP contribution >= 0.6 is 0 Å². The zero-order valence-corrected chi connectivity index (χ0v) is 16.6. The number of aryl methyl sites for hydroxylation is 1. The number of imide groups is 1. The highest BCUT2D eigenvalue weighted by atomic mass is 16.6. The second kappa shape index (κ2) is 6.86. The molecule has 5 rings (SSSR count). The van der Waals surface area contributed by atoms with Crippen molar-refractivity contribution in [3.05, 3.63) is 58.3 Å². The molecule has 3 aliphatic rings. The number of likely N-dealkylation sites (tertiary alicyclic amines) is 1. The molecule has 2 heterocycles. The number of nitrogens with one attached hydrogen (secondary N) is 1. The van der Waals surface area contributed by atoms with E-state index in [9.17, 15) is 24.5 Å². The first kappa shape index (κ1) is 19.2. The van der Waals surface area contributed by atoms with Gasteiger partial charge in [0, 0.05) is 18.2 Å². The Labute approximate surface area is 176 Å². The molecule has 1 aliphatic heterocycles.